The van der Waals surface area contributed by atoms with Gasteiger partial charge in [0.25, 0.3) is 0 Å². The third-order valence-electron chi connectivity index (χ3n) is 2.86. The zero-order valence-electron chi connectivity index (χ0n) is 12.3. The number of anilines is 2. The van der Waals surface area contributed by atoms with E-state index in [0.717, 1.165) is 10.4 Å². The molecule has 0 amide bonds. The summed E-state index contributed by atoms with van der Waals surface area (Å²) in [6.07, 6.45) is 0. The molecule has 2 N–H and O–H groups in total. The van der Waals surface area contributed by atoms with E-state index in [4.69, 9.17) is 17.0 Å². The number of hydrogen-bond donors (Lipinski definition) is 2. The minimum Gasteiger partial charge on any atom is -0.465 e. The lowest BCUT2D eigenvalue weighted by atomic mass is 10.2. The van der Waals surface area contributed by atoms with E-state index in [1.807, 2.05) is 13.8 Å². The van der Waals surface area contributed by atoms with Crippen LogP contribution in [0.15, 0.2) is 24.3 Å². The SMILES string of the molecule is COC(=O)c1cc(C)sc1NC(=S)Nc1cc(C)ccc1F. The molecule has 4 nitrogen and oxygen atoms in total. The van der Waals surface area contributed by atoms with Gasteiger partial charge in [-0.15, -0.1) is 11.3 Å². The molecule has 22 heavy (non-hydrogen) atoms. The summed E-state index contributed by atoms with van der Waals surface area (Å²) in [5.74, 6) is -0.846. The molecule has 0 saturated carbocycles. The lowest BCUT2D eigenvalue weighted by molar-refractivity contribution is 0.0602. The molecule has 116 valence electrons. The van der Waals surface area contributed by atoms with Crippen LogP contribution < -0.4 is 10.6 Å². The van der Waals surface area contributed by atoms with Crippen LogP contribution in [0.1, 0.15) is 20.8 Å². The van der Waals surface area contributed by atoms with Crippen molar-refractivity contribution in [2.45, 2.75) is 13.8 Å². The molecule has 0 aliphatic rings. The number of nitrogens with one attached hydrogen (secondary N) is 2. The molecule has 0 spiro atoms. The Kier molecular flexibility index (Phi) is 5.10. The Bertz CT molecular complexity index is 728. The van der Waals surface area contributed by atoms with Crippen molar-refractivity contribution >= 4 is 45.3 Å². The Morgan fingerprint density at radius 2 is 2.00 bits per heavy atom. The maximum absolute atomic E-state index is 13.7. The molecule has 0 atom stereocenters. The fourth-order valence-corrected chi connectivity index (χ4v) is 3.04. The Labute approximate surface area is 137 Å². The van der Waals surface area contributed by atoms with Gasteiger partial charge in [-0.25, -0.2) is 9.18 Å². The number of carbonyl (C=O) groups is 1. The maximum atomic E-state index is 13.7. The summed E-state index contributed by atoms with van der Waals surface area (Å²) in [7, 11) is 1.32. The molecular formula is C15H15FN2O2S2. The van der Waals surface area contributed by atoms with Crippen LogP contribution in [0.25, 0.3) is 0 Å². The average Bonchev–Trinajstić information content (AvgIpc) is 2.82. The van der Waals surface area contributed by atoms with Gasteiger partial charge in [-0.2, -0.15) is 0 Å². The molecule has 0 aliphatic carbocycles. The van der Waals surface area contributed by atoms with E-state index in [9.17, 15) is 9.18 Å². The number of aryl methyl sites for hydroxylation is 2. The molecule has 0 saturated heterocycles. The lowest BCUT2D eigenvalue weighted by Gasteiger charge is -2.11. The molecule has 0 bridgehead atoms. The van der Waals surface area contributed by atoms with Crippen molar-refractivity contribution in [1.29, 1.82) is 0 Å². The van der Waals surface area contributed by atoms with Gasteiger partial charge in [-0.1, -0.05) is 6.07 Å². The highest BCUT2D eigenvalue weighted by Gasteiger charge is 2.16. The van der Waals surface area contributed by atoms with Gasteiger partial charge in [0.15, 0.2) is 5.11 Å². The Morgan fingerprint density at radius 3 is 2.68 bits per heavy atom. The van der Waals surface area contributed by atoms with Crippen molar-refractivity contribution in [1.82, 2.24) is 0 Å². The molecule has 0 unspecified atom stereocenters. The van der Waals surface area contributed by atoms with Gasteiger partial charge in [0.05, 0.1) is 18.4 Å². The number of thiocarbonyl (C=S) groups is 1. The summed E-state index contributed by atoms with van der Waals surface area (Å²) in [4.78, 5) is 12.6. The van der Waals surface area contributed by atoms with E-state index in [-0.39, 0.29) is 10.8 Å². The van der Waals surface area contributed by atoms with Gasteiger partial charge in [0, 0.05) is 4.88 Å². The first-order valence-electron chi connectivity index (χ1n) is 6.43. The van der Waals surface area contributed by atoms with Gasteiger partial charge in [0.2, 0.25) is 0 Å². The minimum atomic E-state index is -0.448. The first kappa shape index (κ1) is 16.4. The molecule has 1 aromatic carbocycles. The van der Waals surface area contributed by atoms with Gasteiger partial charge >= 0.3 is 5.97 Å². The second-order valence-corrected chi connectivity index (χ2v) is 6.32. The summed E-state index contributed by atoms with van der Waals surface area (Å²) in [6.45, 7) is 3.73. The lowest BCUT2D eigenvalue weighted by Crippen LogP contribution is -2.20. The fraction of sp³-hybridized carbons (Fsp3) is 0.200. The largest absolute Gasteiger partial charge is 0.465 e. The van der Waals surface area contributed by atoms with Crippen LogP contribution in [0.3, 0.4) is 0 Å². The summed E-state index contributed by atoms with van der Waals surface area (Å²) in [5.41, 5.74) is 1.60. The van der Waals surface area contributed by atoms with Crippen LogP contribution in [0.5, 0.6) is 0 Å². The predicted octanol–water partition coefficient (Wildman–Crippen LogP) is 4.10. The number of carbonyl (C=O) groups excluding carboxylic acids is 1. The van der Waals surface area contributed by atoms with Crippen LogP contribution >= 0.6 is 23.6 Å². The third-order valence-corrected chi connectivity index (χ3v) is 4.03. The number of halogens is 1. The number of rotatable bonds is 3. The molecule has 0 fully saturated rings. The molecule has 2 rings (SSSR count). The van der Waals surface area contributed by atoms with E-state index in [1.54, 1.807) is 18.2 Å². The van der Waals surface area contributed by atoms with Crippen LogP contribution in [0, 0.1) is 19.7 Å². The molecule has 2 aromatic rings. The van der Waals surface area contributed by atoms with E-state index in [0.29, 0.717) is 10.6 Å². The Balaban J connectivity index is 2.16. The number of hydrogen-bond acceptors (Lipinski definition) is 4. The number of methoxy groups -OCH3 is 1. The number of thiophene rings is 1. The highest BCUT2D eigenvalue weighted by atomic mass is 32.1. The summed E-state index contributed by atoms with van der Waals surface area (Å²) in [6, 6.07) is 6.42. The second kappa shape index (κ2) is 6.85. The van der Waals surface area contributed by atoms with Crippen molar-refractivity contribution in [2.24, 2.45) is 0 Å². The molecular weight excluding hydrogens is 323 g/mol. The van der Waals surface area contributed by atoms with Crippen LogP contribution in [-0.4, -0.2) is 18.2 Å². The number of ether oxygens (including phenoxy) is 1. The molecule has 7 heteroatoms. The fourth-order valence-electron chi connectivity index (χ4n) is 1.86. The summed E-state index contributed by atoms with van der Waals surface area (Å²) < 4.78 is 18.4. The van der Waals surface area contributed by atoms with E-state index < -0.39 is 11.8 Å². The Hall–Kier alpha value is -1.99. The highest BCUT2D eigenvalue weighted by molar-refractivity contribution is 7.80. The highest BCUT2D eigenvalue weighted by Crippen LogP contribution is 2.28. The molecule has 1 aromatic heterocycles. The predicted molar refractivity (Wildman–Crippen MR) is 91.4 cm³/mol. The van der Waals surface area contributed by atoms with E-state index in [2.05, 4.69) is 10.6 Å². The smallest absolute Gasteiger partial charge is 0.340 e. The minimum absolute atomic E-state index is 0.205. The van der Waals surface area contributed by atoms with Crippen LogP contribution in [0.2, 0.25) is 0 Å². The van der Waals surface area contributed by atoms with Gasteiger partial charge in [0.1, 0.15) is 10.8 Å². The van der Waals surface area contributed by atoms with E-state index >= 15 is 0 Å². The molecule has 0 aliphatic heterocycles. The average molecular weight is 338 g/mol. The van der Waals surface area contributed by atoms with Crippen molar-refractivity contribution in [3.8, 4) is 0 Å². The van der Waals surface area contributed by atoms with Crippen molar-refractivity contribution in [2.75, 3.05) is 17.7 Å². The van der Waals surface area contributed by atoms with E-state index in [1.165, 1.54) is 24.5 Å². The van der Waals surface area contributed by atoms with Gasteiger partial charge < -0.3 is 15.4 Å². The van der Waals surface area contributed by atoms with Gasteiger partial charge in [-0.3, -0.25) is 0 Å². The van der Waals surface area contributed by atoms with Crippen molar-refractivity contribution in [3.63, 3.8) is 0 Å². The first-order chi connectivity index (χ1) is 10.4. The standard InChI is InChI=1S/C15H15FN2O2S2/c1-8-4-5-11(16)12(6-8)17-15(21)18-13-10(14(19)20-3)7-9(2)22-13/h4-7H,1-3H3,(H2,17,18,21). The maximum Gasteiger partial charge on any atom is 0.340 e. The summed E-state index contributed by atoms with van der Waals surface area (Å²) >= 11 is 6.55. The van der Waals surface area contributed by atoms with Crippen molar-refractivity contribution < 1.29 is 13.9 Å². The summed E-state index contributed by atoms with van der Waals surface area (Å²) in [5, 5.41) is 6.48. The topological polar surface area (TPSA) is 50.4 Å². The Morgan fingerprint density at radius 1 is 1.27 bits per heavy atom. The second-order valence-electron chi connectivity index (χ2n) is 4.65. The quantitative estimate of drug-likeness (QED) is 0.652. The number of benzene rings is 1. The normalized spacial score (nSPS) is 10.2. The van der Waals surface area contributed by atoms with Crippen LogP contribution in [-0.2, 0) is 4.74 Å². The molecule has 1 heterocycles. The van der Waals surface area contributed by atoms with Crippen LogP contribution in [0.4, 0.5) is 15.1 Å². The zero-order valence-corrected chi connectivity index (χ0v) is 14.0. The molecule has 0 radical (unpaired) electrons. The zero-order chi connectivity index (χ0) is 16.3. The van der Waals surface area contributed by atoms with Crippen molar-refractivity contribution in [3.05, 3.63) is 46.1 Å². The number of esters is 1. The first-order valence-corrected chi connectivity index (χ1v) is 7.66. The van der Waals surface area contributed by atoms with Gasteiger partial charge in [-0.05, 0) is 49.8 Å². The monoisotopic (exact) mass is 338 g/mol. The third kappa shape index (κ3) is 3.80.